The minimum absolute atomic E-state index is 0.180. The Hall–Kier alpha value is -2.95. The summed E-state index contributed by atoms with van der Waals surface area (Å²) >= 11 is 4.28. The minimum Gasteiger partial charge on any atom is -0.478 e. The maximum absolute atomic E-state index is 12.2. The molecule has 2 aromatic heterocycles. The second-order valence-electron chi connectivity index (χ2n) is 5.54. The highest BCUT2D eigenvalue weighted by molar-refractivity contribution is 8.00. The summed E-state index contributed by atoms with van der Waals surface area (Å²) in [7, 11) is 0. The molecule has 3 N–H and O–H groups in total. The number of benzene rings is 1. The Balaban J connectivity index is 1.51. The Labute approximate surface area is 178 Å². The molecule has 0 unspecified atom stereocenters. The monoisotopic (exact) mass is 445 g/mol. The molecule has 0 fully saturated rings. The number of hydrogen-bond donors (Lipinski definition) is 3. The van der Waals surface area contributed by atoms with E-state index in [1.165, 1.54) is 23.1 Å². The number of carboxylic acid groups (broad SMARTS) is 1. The van der Waals surface area contributed by atoms with E-state index in [0.29, 0.717) is 10.8 Å². The van der Waals surface area contributed by atoms with Crippen molar-refractivity contribution in [1.29, 1.82) is 0 Å². The normalized spacial score (nSPS) is 10.8. The first-order valence-electron chi connectivity index (χ1n) is 8.24. The summed E-state index contributed by atoms with van der Waals surface area (Å²) in [4.78, 5) is 40.5. The lowest BCUT2D eigenvalue weighted by atomic mass is 10.3. The van der Waals surface area contributed by atoms with Crippen LogP contribution in [0, 0.1) is 0 Å². The number of carbonyl (C=O) groups excluding carboxylic acids is 2. The predicted molar refractivity (Wildman–Crippen MR) is 117 cm³/mol. The number of rotatable bonds is 8. The lowest BCUT2D eigenvalue weighted by Gasteiger charge is -2.06. The van der Waals surface area contributed by atoms with Gasteiger partial charge >= 0.3 is 5.97 Å². The fourth-order valence-electron chi connectivity index (χ4n) is 2.17. The summed E-state index contributed by atoms with van der Waals surface area (Å²) in [5.74, 6) is -1.73. The largest absolute Gasteiger partial charge is 0.478 e. The van der Waals surface area contributed by atoms with E-state index in [4.69, 9.17) is 5.11 Å². The van der Waals surface area contributed by atoms with Gasteiger partial charge in [0.2, 0.25) is 11.8 Å². The standard InChI is InChI=1S/C19H15N3O4S3/c23-16(6-7-18(25)26)20-12-3-1-4-13(9-12)28-11-17(24)22-19-21-14(10-29-19)15-5-2-8-27-15/h1-10H,11H2,(H,20,23)(H,25,26)(H,21,22,24)/b7-6+. The zero-order valence-corrected chi connectivity index (χ0v) is 17.3. The van der Waals surface area contributed by atoms with Gasteiger partial charge in [-0.2, -0.15) is 0 Å². The molecule has 3 aromatic rings. The van der Waals surface area contributed by atoms with Crippen molar-refractivity contribution in [3.05, 3.63) is 59.3 Å². The van der Waals surface area contributed by atoms with Crippen molar-refractivity contribution in [2.45, 2.75) is 4.90 Å². The van der Waals surface area contributed by atoms with Gasteiger partial charge in [0.15, 0.2) is 5.13 Å². The van der Waals surface area contributed by atoms with Crippen LogP contribution in [0.15, 0.2) is 64.2 Å². The van der Waals surface area contributed by atoms with Gasteiger partial charge < -0.3 is 15.7 Å². The first-order valence-corrected chi connectivity index (χ1v) is 11.0. The van der Waals surface area contributed by atoms with Crippen LogP contribution < -0.4 is 10.6 Å². The Bertz CT molecular complexity index is 1040. The summed E-state index contributed by atoms with van der Waals surface area (Å²) in [6.45, 7) is 0. The number of amides is 2. The van der Waals surface area contributed by atoms with Crippen molar-refractivity contribution >= 4 is 63.0 Å². The number of carboxylic acids is 1. The highest BCUT2D eigenvalue weighted by Gasteiger charge is 2.09. The third-order valence-electron chi connectivity index (χ3n) is 3.37. The van der Waals surface area contributed by atoms with E-state index in [0.717, 1.165) is 27.6 Å². The van der Waals surface area contributed by atoms with E-state index in [9.17, 15) is 14.4 Å². The van der Waals surface area contributed by atoms with Gasteiger partial charge in [-0.3, -0.25) is 9.59 Å². The topological polar surface area (TPSA) is 108 Å². The molecule has 2 heterocycles. The Morgan fingerprint density at radius 3 is 2.72 bits per heavy atom. The number of nitrogens with one attached hydrogen (secondary N) is 2. The first-order chi connectivity index (χ1) is 14.0. The number of anilines is 2. The van der Waals surface area contributed by atoms with Crippen LogP contribution in [0.4, 0.5) is 10.8 Å². The Morgan fingerprint density at radius 2 is 1.97 bits per heavy atom. The van der Waals surface area contributed by atoms with Gasteiger partial charge in [-0.05, 0) is 29.6 Å². The van der Waals surface area contributed by atoms with Crippen LogP contribution in [0.5, 0.6) is 0 Å². The van der Waals surface area contributed by atoms with Crippen LogP contribution in [0.3, 0.4) is 0 Å². The second-order valence-corrected chi connectivity index (χ2v) is 8.40. The number of carbonyl (C=O) groups is 3. The average molecular weight is 446 g/mol. The molecule has 0 aliphatic carbocycles. The van der Waals surface area contributed by atoms with Crippen LogP contribution in [-0.2, 0) is 14.4 Å². The van der Waals surface area contributed by atoms with Crippen molar-refractivity contribution in [2.75, 3.05) is 16.4 Å². The van der Waals surface area contributed by atoms with E-state index in [1.807, 2.05) is 29.0 Å². The maximum atomic E-state index is 12.2. The van der Waals surface area contributed by atoms with Gasteiger partial charge in [0.25, 0.3) is 0 Å². The first kappa shape index (κ1) is 20.8. The molecule has 0 spiro atoms. The van der Waals surface area contributed by atoms with E-state index in [-0.39, 0.29) is 11.7 Å². The van der Waals surface area contributed by atoms with Gasteiger partial charge in [-0.25, -0.2) is 9.78 Å². The lowest BCUT2D eigenvalue weighted by Crippen LogP contribution is -2.13. The van der Waals surface area contributed by atoms with Crippen molar-refractivity contribution in [1.82, 2.24) is 4.98 Å². The van der Waals surface area contributed by atoms with E-state index in [2.05, 4.69) is 15.6 Å². The second kappa shape index (κ2) is 10.0. The average Bonchev–Trinajstić information content (AvgIpc) is 3.37. The third kappa shape index (κ3) is 6.56. The number of aliphatic carboxylic acids is 1. The maximum Gasteiger partial charge on any atom is 0.328 e. The molecule has 0 aliphatic heterocycles. The highest BCUT2D eigenvalue weighted by atomic mass is 32.2. The number of hydrogen-bond acceptors (Lipinski definition) is 7. The molecule has 0 radical (unpaired) electrons. The summed E-state index contributed by atoms with van der Waals surface area (Å²) in [6, 6.07) is 10.9. The number of aromatic nitrogens is 1. The van der Waals surface area contributed by atoms with Gasteiger partial charge in [-0.15, -0.1) is 34.4 Å². The lowest BCUT2D eigenvalue weighted by molar-refractivity contribution is -0.131. The molecule has 0 saturated heterocycles. The van der Waals surface area contributed by atoms with Crippen molar-refractivity contribution in [2.24, 2.45) is 0 Å². The number of thioether (sulfide) groups is 1. The number of thiazole rings is 1. The van der Waals surface area contributed by atoms with Gasteiger partial charge in [0.1, 0.15) is 0 Å². The fraction of sp³-hybridized carbons (Fsp3) is 0.0526. The molecule has 0 atom stereocenters. The molecular weight excluding hydrogens is 430 g/mol. The summed E-state index contributed by atoms with van der Waals surface area (Å²) in [5.41, 5.74) is 1.35. The molecule has 2 amide bonds. The third-order valence-corrected chi connectivity index (χ3v) is 6.02. The molecule has 0 bridgehead atoms. The zero-order valence-electron chi connectivity index (χ0n) is 14.8. The molecule has 10 heteroatoms. The zero-order chi connectivity index (χ0) is 20.6. The van der Waals surface area contributed by atoms with E-state index >= 15 is 0 Å². The number of thiophene rings is 1. The molecule has 3 rings (SSSR count). The Morgan fingerprint density at radius 1 is 1.10 bits per heavy atom. The fourth-order valence-corrected chi connectivity index (χ4v) is 4.41. The minimum atomic E-state index is -1.20. The molecular formula is C19H15N3O4S3. The van der Waals surface area contributed by atoms with Crippen LogP contribution in [0.2, 0.25) is 0 Å². The SMILES string of the molecule is O=C(O)/C=C/C(=O)Nc1cccc(SCC(=O)Nc2nc(-c3cccs3)cs2)c1. The molecule has 0 saturated carbocycles. The molecule has 7 nitrogen and oxygen atoms in total. The summed E-state index contributed by atoms with van der Waals surface area (Å²) in [5, 5.41) is 18.3. The van der Waals surface area contributed by atoms with Gasteiger partial charge in [0.05, 0.1) is 16.3 Å². The van der Waals surface area contributed by atoms with E-state index < -0.39 is 11.9 Å². The summed E-state index contributed by atoms with van der Waals surface area (Å²) in [6.07, 6.45) is 1.70. The van der Waals surface area contributed by atoms with Gasteiger partial charge in [-0.1, -0.05) is 12.1 Å². The quantitative estimate of drug-likeness (QED) is 0.355. The van der Waals surface area contributed by atoms with Crippen LogP contribution in [0.1, 0.15) is 0 Å². The van der Waals surface area contributed by atoms with E-state index in [1.54, 1.807) is 29.5 Å². The molecule has 1 aromatic carbocycles. The van der Waals surface area contributed by atoms with Crippen molar-refractivity contribution < 1.29 is 19.5 Å². The smallest absolute Gasteiger partial charge is 0.328 e. The van der Waals surface area contributed by atoms with Crippen LogP contribution >= 0.6 is 34.4 Å². The molecule has 148 valence electrons. The Kier molecular flexibility index (Phi) is 7.17. The molecule has 29 heavy (non-hydrogen) atoms. The highest BCUT2D eigenvalue weighted by Crippen LogP contribution is 2.28. The number of nitrogens with zero attached hydrogens (tertiary/aromatic N) is 1. The molecule has 0 aliphatic rings. The van der Waals surface area contributed by atoms with Crippen molar-refractivity contribution in [3.8, 4) is 10.6 Å². The predicted octanol–water partition coefficient (Wildman–Crippen LogP) is 4.18. The van der Waals surface area contributed by atoms with Crippen molar-refractivity contribution in [3.63, 3.8) is 0 Å². The van der Waals surface area contributed by atoms with Gasteiger partial charge in [0, 0.05) is 28.1 Å². The van der Waals surface area contributed by atoms with Crippen LogP contribution in [0.25, 0.3) is 10.6 Å². The van der Waals surface area contributed by atoms with Crippen LogP contribution in [-0.4, -0.2) is 33.6 Å². The summed E-state index contributed by atoms with van der Waals surface area (Å²) < 4.78 is 0.